The van der Waals surface area contributed by atoms with Crippen LogP contribution in [0.2, 0.25) is 0 Å². The van der Waals surface area contributed by atoms with Crippen molar-refractivity contribution in [3.8, 4) is 12.5 Å². The lowest BCUT2D eigenvalue weighted by Gasteiger charge is -2.56. The number of nitrogens with zero attached hydrogens (tertiary/aromatic N) is 3. The third-order valence-electron chi connectivity index (χ3n) is 9.14. The number of nitrogens with one attached hydrogen (secondary N) is 2. The lowest BCUT2D eigenvalue weighted by Crippen LogP contribution is -2.51. The van der Waals surface area contributed by atoms with Gasteiger partial charge in [0.2, 0.25) is 5.91 Å². The smallest absolute Gasteiger partial charge is 0.356 e. The van der Waals surface area contributed by atoms with Crippen molar-refractivity contribution < 1.29 is 19.1 Å². The van der Waals surface area contributed by atoms with Crippen LogP contribution in [0.25, 0.3) is 5.65 Å². The lowest BCUT2D eigenvalue weighted by atomic mass is 9.49. The van der Waals surface area contributed by atoms with E-state index in [4.69, 9.17) is 6.42 Å². The van der Waals surface area contributed by atoms with Gasteiger partial charge in [0.1, 0.15) is 17.4 Å². The van der Waals surface area contributed by atoms with E-state index in [0.29, 0.717) is 30.1 Å². The molecule has 7 rings (SSSR count). The largest absolute Gasteiger partial charge is 0.421 e. The van der Waals surface area contributed by atoms with Crippen molar-refractivity contribution in [3.63, 3.8) is 0 Å². The summed E-state index contributed by atoms with van der Waals surface area (Å²) >= 11 is 0. The third kappa shape index (κ3) is 4.96. The number of carbonyl (C=O) groups excluding carboxylic acids is 3. The van der Waals surface area contributed by atoms with Crippen LogP contribution in [0.5, 0.6) is 0 Å². The van der Waals surface area contributed by atoms with Gasteiger partial charge in [-0.05, 0) is 86.7 Å². The van der Waals surface area contributed by atoms with Gasteiger partial charge in [0, 0.05) is 31.9 Å². The van der Waals surface area contributed by atoms with Gasteiger partial charge >= 0.3 is 6.09 Å². The summed E-state index contributed by atoms with van der Waals surface area (Å²) in [7, 11) is 0. The Kier molecular flexibility index (Phi) is 6.50. The van der Waals surface area contributed by atoms with E-state index in [0.717, 1.165) is 37.1 Å². The molecule has 2 aromatic rings. The van der Waals surface area contributed by atoms with Crippen molar-refractivity contribution in [2.24, 2.45) is 23.2 Å². The number of fused-ring (bicyclic) bond motifs is 1. The monoisotopic (exact) mass is 517 g/mol. The van der Waals surface area contributed by atoms with E-state index in [1.165, 1.54) is 38.5 Å². The van der Waals surface area contributed by atoms with Crippen molar-refractivity contribution in [1.82, 2.24) is 24.9 Å². The van der Waals surface area contributed by atoms with Crippen LogP contribution in [0.3, 0.4) is 0 Å². The molecular formula is C29H35N5O4. The number of imidazole rings is 1. The number of ether oxygens (including phenoxy) is 1. The Balaban J connectivity index is 1.10. The molecular weight excluding hydrogens is 482 g/mol. The first-order valence-electron chi connectivity index (χ1n) is 13.9. The molecule has 0 radical (unpaired) electrons. The second kappa shape index (κ2) is 9.97. The topological polar surface area (TPSA) is 105 Å². The summed E-state index contributed by atoms with van der Waals surface area (Å²) in [5.74, 6) is 2.37. The van der Waals surface area contributed by atoms with Crippen LogP contribution in [0, 0.1) is 35.7 Å². The molecule has 2 aromatic heterocycles. The van der Waals surface area contributed by atoms with Crippen molar-refractivity contribution in [2.45, 2.75) is 63.8 Å². The van der Waals surface area contributed by atoms with Gasteiger partial charge < -0.3 is 20.3 Å². The molecule has 3 amide bonds. The number of amides is 3. The number of hydrogen-bond acceptors (Lipinski definition) is 5. The minimum absolute atomic E-state index is 0.0713. The average Bonchev–Trinajstić information content (AvgIpc) is 3.29. The number of likely N-dealkylation sites (tertiary alicyclic amines) is 1. The Labute approximate surface area is 222 Å². The maximum atomic E-state index is 13.3. The molecule has 0 spiro atoms. The fourth-order valence-corrected chi connectivity index (χ4v) is 8.03. The van der Waals surface area contributed by atoms with Crippen LogP contribution >= 0.6 is 0 Å². The number of alkyl carbamates (subject to hydrolysis) is 1. The van der Waals surface area contributed by atoms with Crippen LogP contribution < -0.4 is 10.6 Å². The van der Waals surface area contributed by atoms with E-state index >= 15 is 0 Å². The molecule has 4 bridgehead atoms. The summed E-state index contributed by atoms with van der Waals surface area (Å²) in [6.07, 6.45) is 17.5. The van der Waals surface area contributed by atoms with Gasteiger partial charge in [-0.25, -0.2) is 9.78 Å². The fraction of sp³-hybridized carbons (Fsp3) is 0.586. The average molecular weight is 518 g/mol. The number of pyridine rings is 1. The van der Waals surface area contributed by atoms with Crippen molar-refractivity contribution in [2.75, 3.05) is 19.6 Å². The van der Waals surface area contributed by atoms with Gasteiger partial charge in [-0.15, -0.1) is 0 Å². The summed E-state index contributed by atoms with van der Waals surface area (Å²) < 4.78 is 6.29. The highest BCUT2D eigenvalue weighted by Gasteiger charge is 2.50. The third-order valence-corrected chi connectivity index (χ3v) is 9.14. The Bertz CT molecular complexity index is 1260. The number of rotatable bonds is 6. The molecule has 1 aliphatic heterocycles. The number of piperidine rings is 1. The Morgan fingerprint density at radius 3 is 2.58 bits per heavy atom. The van der Waals surface area contributed by atoms with Gasteiger partial charge in [0.05, 0.1) is 12.1 Å². The van der Waals surface area contributed by atoms with E-state index in [1.807, 2.05) is 24.3 Å². The number of carbonyl (C=O) groups is 3. The summed E-state index contributed by atoms with van der Waals surface area (Å²) in [4.78, 5) is 44.4. The molecule has 5 fully saturated rings. The number of terminal acetylenes is 1. The first-order chi connectivity index (χ1) is 18.4. The van der Waals surface area contributed by atoms with E-state index in [2.05, 4.69) is 20.4 Å². The standard InChI is InChI=1S/C29H35N5O4/c1-2-38-28(37)32-22-5-4-8-33(16-22)26(35)12-23-17-34-24(6-3-7-25(34)31-23)27(36)30-18-29-13-19-9-20(14-29)11-21(10-19)15-29/h1,3,6-7,17,19-22H,4-5,8-16,18H2,(H,30,36)(H,32,37)/t19?,20?,21?,22-,29?/m1/s1. The Hall–Kier alpha value is -3.54. The lowest BCUT2D eigenvalue weighted by molar-refractivity contribution is -0.131. The first-order valence-corrected chi connectivity index (χ1v) is 13.9. The second-order valence-electron chi connectivity index (χ2n) is 12.0. The quantitative estimate of drug-likeness (QED) is 0.573. The molecule has 5 aliphatic rings. The highest BCUT2D eigenvalue weighted by molar-refractivity contribution is 5.93. The summed E-state index contributed by atoms with van der Waals surface area (Å²) in [6.45, 7) is 1.75. The maximum Gasteiger partial charge on any atom is 0.421 e. The normalized spacial score (nSPS) is 29.6. The van der Waals surface area contributed by atoms with Crippen LogP contribution in [-0.2, 0) is 16.0 Å². The predicted molar refractivity (Wildman–Crippen MR) is 140 cm³/mol. The molecule has 9 heteroatoms. The minimum Gasteiger partial charge on any atom is -0.356 e. The van der Waals surface area contributed by atoms with Gasteiger partial charge in [0.15, 0.2) is 0 Å². The summed E-state index contributed by atoms with van der Waals surface area (Å²) in [5.41, 5.74) is 2.06. The van der Waals surface area contributed by atoms with Crippen molar-refractivity contribution >= 4 is 23.6 Å². The minimum atomic E-state index is -0.679. The molecule has 1 saturated heterocycles. The molecule has 9 nitrogen and oxygen atoms in total. The van der Waals surface area contributed by atoms with E-state index in [9.17, 15) is 14.4 Å². The fourth-order valence-electron chi connectivity index (χ4n) is 8.03. The van der Waals surface area contributed by atoms with Crippen molar-refractivity contribution in [3.05, 3.63) is 35.8 Å². The SMILES string of the molecule is C#COC(=O)N[C@@H]1CCCN(C(=O)Cc2cn3c(C(=O)NCC45CC6CC(CC(C6)C4)C5)cccc3n2)C1. The molecule has 4 aliphatic carbocycles. The predicted octanol–water partition coefficient (Wildman–Crippen LogP) is 3.13. The zero-order valence-corrected chi connectivity index (χ0v) is 21.7. The molecule has 3 heterocycles. The molecule has 0 unspecified atom stereocenters. The molecule has 38 heavy (non-hydrogen) atoms. The summed E-state index contributed by atoms with van der Waals surface area (Å²) in [5, 5.41) is 5.96. The molecule has 1 atom stereocenters. The van der Waals surface area contributed by atoms with Crippen LogP contribution in [-0.4, -0.2) is 57.9 Å². The maximum absolute atomic E-state index is 13.3. The molecule has 200 valence electrons. The van der Waals surface area contributed by atoms with E-state index in [1.54, 1.807) is 15.5 Å². The Morgan fingerprint density at radius 1 is 1.13 bits per heavy atom. The number of hydrogen-bond donors (Lipinski definition) is 2. The van der Waals surface area contributed by atoms with Crippen LogP contribution in [0.1, 0.15) is 67.5 Å². The van der Waals surface area contributed by atoms with Gasteiger partial charge in [0.25, 0.3) is 5.91 Å². The zero-order valence-electron chi connectivity index (χ0n) is 21.7. The van der Waals surface area contributed by atoms with Gasteiger partial charge in [-0.3, -0.25) is 14.0 Å². The van der Waals surface area contributed by atoms with Gasteiger partial charge in [-0.2, -0.15) is 0 Å². The van der Waals surface area contributed by atoms with Crippen LogP contribution in [0.15, 0.2) is 24.4 Å². The number of aromatic nitrogens is 2. The zero-order chi connectivity index (χ0) is 26.3. The van der Waals surface area contributed by atoms with E-state index in [-0.39, 0.29) is 29.7 Å². The van der Waals surface area contributed by atoms with E-state index < -0.39 is 6.09 Å². The highest BCUT2D eigenvalue weighted by Crippen LogP contribution is 2.59. The van der Waals surface area contributed by atoms with Crippen molar-refractivity contribution in [1.29, 1.82) is 0 Å². The first kappa shape index (κ1) is 24.8. The molecule has 2 N–H and O–H groups in total. The second-order valence-corrected chi connectivity index (χ2v) is 12.0. The summed E-state index contributed by atoms with van der Waals surface area (Å²) in [6, 6.07) is 5.29. The molecule has 4 saturated carbocycles. The molecule has 0 aromatic carbocycles. The van der Waals surface area contributed by atoms with Gasteiger partial charge in [-0.1, -0.05) is 12.5 Å². The highest BCUT2D eigenvalue weighted by atomic mass is 16.5. The van der Waals surface area contributed by atoms with Crippen LogP contribution in [0.4, 0.5) is 4.79 Å². The Morgan fingerprint density at radius 2 is 1.87 bits per heavy atom.